The molecule has 14 aromatic carbocycles. The second-order valence-corrected chi connectivity index (χ2v) is 25.9. The van der Waals surface area contributed by atoms with Gasteiger partial charge in [0.15, 0.2) is 0 Å². The van der Waals surface area contributed by atoms with Gasteiger partial charge in [-0.25, -0.2) is 0 Å². The standard InChI is InChI=1S/C88H55F6N5/c1-52-44-53(2)46-56(45-52)81-83(96-72-33-15-6-24-61(72)62-25-7-16-34-73(62)96)82(57-47-58(87(89,90)91)51-59(48-57)88(92,93)94)85(98-76-37-19-10-28-65(76)66-29-11-20-38-77(66)98)86(84(81)97-74-35-17-8-26-63(74)64-27-9-18-36-75(64)97)99-78-39-21-13-31-68(78)70-50-55(41-43-80(70)99)54-40-42-79-69(49-54)67-30-12-14-32-71(67)95(79)60-22-4-3-5-23-60/h3-51H,1-2H3. The van der Waals surface area contributed by atoms with Crippen LogP contribution in [0.2, 0.25) is 0 Å². The number of alkyl halides is 6. The van der Waals surface area contributed by atoms with Crippen molar-refractivity contribution in [2.24, 2.45) is 0 Å². The van der Waals surface area contributed by atoms with Crippen LogP contribution in [0.4, 0.5) is 26.3 Å². The van der Waals surface area contributed by atoms with Gasteiger partial charge in [-0.3, -0.25) is 0 Å². The quantitative estimate of drug-likeness (QED) is 0.136. The Bertz CT molecular complexity index is 6400. The Hall–Kier alpha value is -12.3. The van der Waals surface area contributed by atoms with Gasteiger partial charge in [0.1, 0.15) is 0 Å². The van der Waals surface area contributed by atoms with E-state index in [-0.39, 0.29) is 17.2 Å². The predicted octanol–water partition coefficient (Wildman–Crippen LogP) is 24.8. The minimum absolute atomic E-state index is 0.129. The third-order valence-electron chi connectivity index (χ3n) is 20.1. The van der Waals surface area contributed by atoms with Crippen molar-refractivity contribution in [1.29, 1.82) is 0 Å². The van der Waals surface area contributed by atoms with E-state index in [9.17, 15) is 0 Å². The van der Waals surface area contributed by atoms with Gasteiger partial charge >= 0.3 is 12.4 Å². The summed E-state index contributed by atoms with van der Waals surface area (Å²) in [6, 6.07) is 96.7. The molecule has 0 aliphatic rings. The third-order valence-corrected chi connectivity index (χ3v) is 20.1. The summed E-state index contributed by atoms with van der Waals surface area (Å²) in [7, 11) is 0. The number of para-hydroxylation sites is 9. The normalized spacial score (nSPS) is 12.4. The summed E-state index contributed by atoms with van der Waals surface area (Å²) < 4.78 is 109. The Balaban J connectivity index is 1.09. The van der Waals surface area contributed by atoms with Gasteiger partial charge in [-0.2, -0.15) is 26.3 Å². The number of nitrogens with zero attached hydrogens (tertiary/aromatic N) is 5. The van der Waals surface area contributed by atoms with Gasteiger partial charge in [-0.1, -0.05) is 205 Å². The number of fused-ring (bicyclic) bond motifs is 15. The van der Waals surface area contributed by atoms with Crippen molar-refractivity contribution in [3.05, 3.63) is 320 Å². The maximum Gasteiger partial charge on any atom is 0.416 e. The molecule has 0 N–H and O–H groups in total. The van der Waals surface area contributed by atoms with Crippen LogP contribution in [0, 0.1) is 13.8 Å². The highest BCUT2D eigenvalue weighted by Crippen LogP contribution is 2.56. The summed E-state index contributed by atoms with van der Waals surface area (Å²) in [5, 5.41) is 9.15. The molecule has 19 aromatic rings. The second kappa shape index (κ2) is 21.6. The number of halogens is 6. The van der Waals surface area contributed by atoms with E-state index >= 15 is 26.3 Å². The zero-order valence-electron chi connectivity index (χ0n) is 53.3. The molecule has 0 amide bonds. The average molecular weight is 1300 g/mol. The molecule has 0 saturated heterocycles. The first-order valence-electron chi connectivity index (χ1n) is 33.0. The number of rotatable bonds is 8. The molecule has 99 heavy (non-hydrogen) atoms. The van der Waals surface area contributed by atoms with Gasteiger partial charge in [0.2, 0.25) is 0 Å². The number of hydrogen-bond donors (Lipinski definition) is 0. The summed E-state index contributed by atoms with van der Waals surface area (Å²) in [6.07, 6.45) is -10.5. The van der Waals surface area contributed by atoms with Gasteiger partial charge in [0, 0.05) is 70.7 Å². The van der Waals surface area contributed by atoms with Gasteiger partial charge in [0.25, 0.3) is 0 Å². The van der Waals surface area contributed by atoms with Crippen molar-refractivity contribution >= 4 is 109 Å². The monoisotopic (exact) mass is 1300 g/mol. The molecule has 0 bridgehead atoms. The molecule has 0 aliphatic carbocycles. The lowest BCUT2D eigenvalue weighted by atomic mass is 9.87. The lowest BCUT2D eigenvalue weighted by Crippen LogP contribution is -2.17. The van der Waals surface area contributed by atoms with Crippen LogP contribution >= 0.6 is 0 Å². The molecule has 0 aliphatic heterocycles. The molecule has 0 unspecified atom stereocenters. The van der Waals surface area contributed by atoms with Crippen LogP contribution < -0.4 is 0 Å². The highest BCUT2D eigenvalue weighted by atomic mass is 19.4. The first-order valence-corrected chi connectivity index (χ1v) is 33.0. The van der Waals surface area contributed by atoms with Crippen LogP contribution in [0.1, 0.15) is 22.3 Å². The van der Waals surface area contributed by atoms with E-state index in [1.54, 1.807) is 0 Å². The molecule has 0 fully saturated rings. The lowest BCUT2D eigenvalue weighted by Gasteiger charge is -2.32. The van der Waals surface area contributed by atoms with Gasteiger partial charge in [0.05, 0.1) is 89.0 Å². The first-order chi connectivity index (χ1) is 48.2. The van der Waals surface area contributed by atoms with Gasteiger partial charge in [-0.05, 0) is 139 Å². The lowest BCUT2D eigenvalue weighted by molar-refractivity contribution is -0.143. The summed E-state index contributed by atoms with van der Waals surface area (Å²) >= 11 is 0. The van der Waals surface area contributed by atoms with Crippen LogP contribution in [0.3, 0.4) is 0 Å². The van der Waals surface area contributed by atoms with Crippen molar-refractivity contribution in [3.63, 3.8) is 0 Å². The molecule has 474 valence electrons. The Labute approximate surface area is 562 Å². The fraction of sp³-hybridized carbons (Fsp3) is 0.0455. The van der Waals surface area contributed by atoms with Crippen molar-refractivity contribution in [3.8, 4) is 61.8 Å². The van der Waals surface area contributed by atoms with Crippen molar-refractivity contribution in [2.75, 3.05) is 0 Å². The number of aromatic nitrogens is 5. The highest BCUT2D eigenvalue weighted by molar-refractivity contribution is 6.19. The van der Waals surface area contributed by atoms with Crippen LogP contribution in [-0.4, -0.2) is 22.8 Å². The number of hydrogen-bond acceptors (Lipinski definition) is 0. The predicted molar refractivity (Wildman–Crippen MR) is 394 cm³/mol. The Kier molecular flexibility index (Phi) is 12.7. The number of aryl methyl sites for hydroxylation is 2. The SMILES string of the molecule is Cc1cc(C)cc(-c2c(-n3c4ccccc4c4ccccc43)c(-c3cc(C(F)(F)F)cc(C(F)(F)F)c3)c(-n3c4ccccc4c4ccccc43)c(-n3c4ccccc4c4cc(-c5ccc6c(c5)c5ccccc5n6-c5ccccc5)ccc43)c2-n2c3ccccc3c3ccccc32)c1. The van der Waals surface area contributed by atoms with Crippen LogP contribution in [0.5, 0.6) is 0 Å². The van der Waals surface area contributed by atoms with E-state index in [0.29, 0.717) is 55.9 Å². The van der Waals surface area contributed by atoms with E-state index in [1.807, 2.05) is 166 Å². The fourth-order valence-corrected chi connectivity index (χ4v) is 16.2. The summed E-state index contributed by atoms with van der Waals surface area (Å²) in [5.74, 6) is 0. The second-order valence-electron chi connectivity index (χ2n) is 25.9. The molecule has 5 nitrogen and oxygen atoms in total. The van der Waals surface area contributed by atoms with Gasteiger partial charge in [-0.15, -0.1) is 0 Å². The first kappa shape index (κ1) is 58.1. The van der Waals surface area contributed by atoms with Gasteiger partial charge < -0.3 is 22.8 Å². The molecule has 19 rings (SSSR count). The van der Waals surface area contributed by atoms with E-state index in [2.05, 4.69) is 150 Å². The summed E-state index contributed by atoms with van der Waals surface area (Å²) in [4.78, 5) is 0. The fourth-order valence-electron chi connectivity index (χ4n) is 16.2. The molecule has 5 aromatic heterocycles. The van der Waals surface area contributed by atoms with E-state index in [0.717, 1.165) is 127 Å². The van der Waals surface area contributed by atoms with Crippen molar-refractivity contribution < 1.29 is 26.3 Å². The summed E-state index contributed by atoms with van der Waals surface area (Å²) in [6.45, 7) is 4.05. The van der Waals surface area contributed by atoms with Crippen LogP contribution in [-0.2, 0) is 12.4 Å². The Morgan fingerprint density at radius 2 is 0.485 bits per heavy atom. The van der Waals surface area contributed by atoms with Crippen molar-refractivity contribution in [1.82, 2.24) is 22.8 Å². The smallest absolute Gasteiger partial charge is 0.309 e. The zero-order chi connectivity index (χ0) is 66.7. The molecule has 0 atom stereocenters. The Morgan fingerprint density at radius 1 is 0.212 bits per heavy atom. The molecular weight excluding hydrogens is 1240 g/mol. The van der Waals surface area contributed by atoms with E-state index in [4.69, 9.17) is 0 Å². The third kappa shape index (κ3) is 8.76. The topological polar surface area (TPSA) is 24.6 Å². The minimum Gasteiger partial charge on any atom is -0.309 e. The van der Waals surface area contributed by atoms with E-state index < -0.39 is 23.5 Å². The van der Waals surface area contributed by atoms with Crippen LogP contribution in [0.15, 0.2) is 297 Å². The molecule has 0 radical (unpaired) electrons. The molecule has 0 spiro atoms. The van der Waals surface area contributed by atoms with Crippen molar-refractivity contribution in [2.45, 2.75) is 26.2 Å². The Morgan fingerprint density at radius 3 is 0.838 bits per heavy atom. The molecule has 11 heteroatoms. The summed E-state index contributed by atoms with van der Waals surface area (Å²) in [5.41, 5.74) is 12.8. The molecule has 0 saturated carbocycles. The van der Waals surface area contributed by atoms with E-state index in [1.165, 1.54) is 0 Å². The number of benzene rings is 14. The molecule has 5 heterocycles. The minimum atomic E-state index is -5.23. The maximum absolute atomic E-state index is 16.3. The van der Waals surface area contributed by atoms with Crippen LogP contribution in [0.25, 0.3) is 171 Å². The average Bonchev–Trinajstić information content (AvgIpc) is 1.10. The zero-order valence-corrected chi connectivity index (χ0v) is 53.3. The molecular formula is C88H55F6N5. The highest BCUT2D eigenvalue weighted by Gasteiger charge is 2.41. The maximum atomic E-state index is 16.3. The largest absolute Gasteiger partial charge is 0.416 e.